The van der Waals surface area contributed by atoms with Crippen LogP contribution in [0.4, 0.5) is 15.9 Å². The average Bonchev–Trinajstić information content (AvgIpc) is 3.54. The second-order valence-corrected chi connectivity index (χ2v) is 12.4. The van der Waals surface area contributed by atoms with E-state index < -0.39 is 20.9 Å². The van der Waals surface area contributed by atoms with Gasteiger partial charge in [0.2, 0.25) is 0 Å². The number of sulfonamides is 1. The molecule has 0 bridgehead atoms. The van der Waals surface area contributed by atoms with Gasteiger partial charge in [0.25, 0.3) is 15.1 Å². The van der Waals surface area contributed by atoms with Gasteiger partial charge in [-0.05, 0) is 37.0 Å². The van der Waals surface area contributed by atoms with Gasteiger partial charge in [0.05, 0.1) is 43.0 Å². The summed E-state index contributed by atoms with van der Waals surface area (Å²) in [4.78, 5) is 13.2. The molecule has 4 aromatic rings. The zero-order valence-corrected chi connectivity index (χ0v) is 23.8. The molecule has 0 unspecified atom stereocenters. The molecule has 41 heavy (non-hydrogen) atoms. The molecule has 4 N–H and O–H groups in total. The zero-order chi connectivity index (χ0) is 28.9. The smallest absolute Gasteiger partial charge is 0.297 e. The van der Waals surface area contributed by atoms with Crippen molar-refractivity contribution in [3.8, 4) is 11.3 Å². The molecule has 1 aromatic carbocycles. The SMILES string of the molecule is Cc1ncc(S(=O)(=O)Nc2ccc(-c3nc(C(C)C)n4c(C5=CC[C@@H](NC6COC6)CC5)cnc(N)c34)cc2F)o1. The van der Waals surface area contributed by atoms with Crippen LogP contribution in [0.5, 0.6) is 0 Å². The van der Waals surface area contributed by atoms with Crippen molar-refractivity contribution in [3.05, 3.63) is 59.9 Å². The van der Waals surface area contributed by atoms with Crippen LogP contribution in [0.1, 0.15) is 56.4 Å². The molecule has 1 aliphatic carbocycles. The molecule has 13 heteroatoms. The summed E-state index contributed by atoms with van der Waals surface area (Å²) in [5.74, 6) is 0.495. The summed E-state index contributed by atoms with van der Waals surface area (Å²) in [7, 11) is -4.15. The fourth-order valence-electron chi connectivity index (χ4n) is 5.27. The molecular weight excluding hydrogens is 549 g/mol. The number of benzene rings is 1. The molecule has 1 aliphatic heterocycles. The summed E-state index contributed by atoms with van der Waals surface area (Å²) in [6, 6.07) is 5.02. The summed E-state index contributed by atoms with van der Waals surface area (Å²) >= 11 is 0. The van der Waals surface area contributed by atoms with Crippen molar-refractivity contribution in [2.24, 2.45) is 0 Å². The Morgan fingerprint density at radius 2 is 1.98 bits per heavy atom. The largest absolute Gasteiger partial charge is 0.428 e. The number of aromatic nitrogens is 4. The lowest BCUT2D eigenvalue weighted by Crippen LogP contribution is -2.50. The van der Waals surface area contributed by atoms with E-state index in [1.54, 1.807) is 12.3 Å². The Morgan fingerprint density at radius 3 is 2.59 bits per heavy atom. The third-order valence-electron chi connectivity index (χ3n) is 7.43. The van der Waals surface area contributed by atoms with Crippen LogP contribution < -0.4 is 15.8 Å². The number of aryl methyl sites for hydroxylation is 1. The van der Waals surface area contributed by atoms with E-state index in [9.17, 15) is 8.42 Å². The Bertz CT molecular complexity index is 1760. The lowest BCUT2D eigenvalue weighted by atomic mass is 9.92. The summed E-state index contributed by atoms with van der Waals surface area (Å²) < 4.78 is 55.2. The van der Waals surface area contributed by atoms with Crippen LogP contribution in [0.15, 0.2) is 46.2 Å². The molecule has 0 amide bonds. The van der Waals surface area contributed by atoms with Crippen molar-refractivity contribution < 1.29 is 22.0 Å². The second-order valence-electron chi connectivity index (χ2n) is 10.8. The third-order valence-corrected chi connectivity index (χ3v) is 8.64. The van der Waals surface area contributed by atoms with Crippen molar-refractivity contribution in [1.29, 1.82) is 0 Å². The number of hydrogen-bond acceptors (Lipinski definition) is 9. The molecule has 0 radical (unpaired) electrons. The Labute approximate surface area is 237 Å². The minimum Gasteiger partial charge on any atom is -0.428 e. The summed E-state index contributed by atoms with van der Waals surface area (Å²) in [5.41, 5.74) is 9.76. The topological polar surface area (TPSA) is 150 Å². The van der Waals surface area contributed by atoms with Gasteiger partial charge in [-0.3, -0.25) is 9.12 Å². The lowest BCUT2D eigenvalue weighted by molar-refractivity contribution is -0.0103. The van der Waals surface area contributed by atoms with Gasteiger partial charge in [0, 0.05) is 24.4 Å². The number of nitrogens with one attached hydrogen (secondary N) is 2. The van der Waals surface area contributed by atoms with E-state index >= 15 is 4.39 Å². The van der Waals surface area contributed by atoms with Crippen molar-refractivity contribution in [2.75, 3.05) is 23.7 Å². The van der Waals surface area contributed by atoms with Gasteiger partial charge < -0.3 is 20.2 Å². The number of rotatable bonds is 8. The first-order valence-corrected chi connectivity index (χ1v) is 15.0. The van der Waals surface area contributed by atoms with Crippen molar-refractivity contribution >= 4 is 32.6 Å². The van der Waals surface area contributed by atoms with Crippen molar-refractivity contribution in [3.63, 3.8) is 0 Å². The number of ether oxygens (including phenoxy) is 1. The summed E-state index contributed by atoms with van der Waals surface area (Å²) in [5, 5.41) is 3.25. The molecule has 6 rings (SSSR count). The van der Waals surface area contributed by atoms with Crippen LogP contribution in [0.2, 0.25) is 0 Å². The van der Waals surface area contributed by atoms with Crippen molar-refractivity contribution in [2.45, 2.75) is 63.1 Å². The maximum Gasteiger partial charge on any atom is 0.297 e. The highest BCUT2D eigenvalue weighted by Gasteiger charge is 2.27. The van der Waals surface area contributed by atoms with Gasteiger partial charge in [-0.1, -0.05) is 26.0 Å². The van der Waals surface area contributed by atoms with Gasteiger partial charge in [-0.15, -0.1) is 0 Å². The van der Waals surface area contributed by atoms with Crippen LogP contribution in [0.3, 0.4) is 0 Å². The highest BCUT2D eigenvalue weighted by Crippen LogP contribution is 2.36. The van der Waals surface area contributed by atoms with Gasteiger partial charge in [-0.25, -0.2) is 19.3 Å². The van der Waals surface area contributed by atoms with E-state index in [0.717, 1.165) is 55.8 Å². The van der Waals surface area contributed by atoms with Gasteiger partial charge >= 0.3 is 0 Å². The first kappa shape index (κ1) is 27.4. The Hall–Kier alpha value is -3.81. The minimum absolute atomic E-state index is 0.0373. The van der Waals surface area contributed by atoms with Crippen LogP contribution in [-0.4, -0.2) is 53.1 Å². The molecule has 11 nitrogen and oxygen atoms in total. The van der Waals surface area contributed by atoms with E-state index in [4.69, 9.17) is 19.9 Å². The Balaban J connectivity index is 1.36. The zero-order valence-electron chi connectivity index (χ0n) is 23.0. The van der Waals surface area contributed by atoms with E-state index in [-0.39, 0.29) is 23.3 Å². The normalized spacial score (nSPS) is 18.1. The summed E-state index contributed by atoms with van der Waals surface area (Å²) in [6.07, 6.45) is 7.85. The molecule has 216 valence electrons. The highest BCUT2D eigenvalue weighted by atomic mass is 32.2. The van der Waals surface area contributed by atoms with E-state index in [2.05, 4.69) is 26.1 Å². The monoisotopic (exact) mass is 581 g/mol. The maximum atomic E-state index is 15.3. The van der Waals surface area contributed by atoms with Crippen LogP contribution in [0, 0.1) is 12.7 Å². The number of anilines is 2. The third kappa shape index (κ3) is 5.20. The van der Waals surface area contributed by atoms with Crippen LogP contribution in [0.25, 0.3) is 22.3 Å². The lowest BCUT2D eigenvalue weighted by Gasteiger charge is -2.33. The van der Waals surface area contributed by atoms with E-state index in [1.165, 1.54) is 19.1 Å². The highest BCUT2D eigenvalue weighted by molar-refractivity contribution is 7.92. The molecule has 1 fully saturated rings. The quantitative estimate of drug-likeness (QED) is 0.277. The molecule has 2 aliphatic rings. The first-order valence-electron chi connectivity index (χ1n) is 13.6. The summed E-state index contributed by atoms with van der Waals surface area (Å²) in [6.45, 7) is 7.13. The fraction of sp³-hybridized carbons (Fsp3) is 0.393. The number of imidazole rings is 1. The first-order chi connectivity index (χ1) is 19.6. The van der Waals surface area contributed by atoms with Gasteiger partial charge in [0.15, 0.2) is 5.89 Å². The number of oxazole rings is 1. The number of hydrogen-bond donors (Lipinski definition) is 3. The molecule has 1 saturated heterocycles. The molecule has 4 heterocycles. The van der Waals surface area contributed by atoms with Crippen LogP contribution >= 0.6 is 0 Å². The molecule has 0 spiro atoms. The number of halogens is 1. The molecule has 3 aromatic heterocycles. The number of nitrogens with zero attached hydrogens (tertiary/aromatic N) is 4. The van der Waals surface area contributed by atoms with Crippen molar-refractivity contribution in [1.82, 2.24) is 24.7 Å². The standard InChI is InChI=1S/C28H32FN7O4S/c1-15(2)28-34-25(18-6-9-22(21(29)10-18)35-41(37,38)24-12-31-16(3)40-24)26-27(30)32-11-23(36(26)28)17-4-7-19(8-5-17)33-20-13-39-14-20/h4,6,9-12,15,19-20,33,35H,5,7-8,13-14H2,1-3H3,(H2,30,32)/t19-/m1/s1. The molecule has 1 atom stereocenters. The molecule has 0 saturated carbocycles. The second kappa shape index (κ2) is 10.5. The number of fused-ring (bicyclic) bond motifs is 1. The van der Waals surface area contributed by atoms with Crippen LogP contribution in [-0.2, 0) is 14.8 Å². The Morgan fingerprint density at radius 1 is 1.17 bits per heavy atom. The molecular formula is C28H32FN7O4S. The maximum absolute atomic E-state index is 15.3. The number of allylic oxidation sites excluding steroid dienone is 1. The van der Waals surface area contributed by atoms with Gasteiger partial charge in [-0.2, -0.15) is 8.42 Å². The fourth-order valence-corrected chi connectivity index (χ4v) is 6.25. The Kier molecular flexibility index (Phi) is 7.04. The number of nitrogens with two attached hydrogens (primary N) is 1. The van der Waals surface area contributed by atoms with E-state index in [1.807, 2.05) is 18.2 Å². The average molecular weight is 582 g/mol. The predicted octanol–water partition coefficient (Wildman–Crippen LogP) is 4.26. The minimum atomic E-state index is -4.15. The van der Waals surface area contributed by atoms with E-state index in [0.29, 0.717) is 28.9 Å². The number of nitrogen functional groups attached to an aromatic ring is 1. The van der Waals surface area contributed by atoms with Gasteiger partial charge in [0.1, 0.15) is 28.7 Å². The predicted molar refractivity (Wildman–Crippen MR) is 152 cm³/mol.